The molecule has 0 aliphatic carbocycles. The first-order chi connectivity index (χ1) is 15.2. The van der Waals surface area contributed by atoms with Crippen molar-refractivity contribution in [3.63, 3.8) is 0 Å². The van der Waals surface area contributed by atoms with Crippen LogP contribution in [0, 0.1) is 20.8 Å². The van der Waals surface area contributed by atoms with Crippen LogP contribution in [0.4, 0.5) is 0 Å². The molecule has 0 saturated carbocycles. The van der Waals surface area contributed by atoms with E-state index in [1.807, 2.05) is 6.92 Å². The van der Waals surface area contributed by atoms with Gasteiger partial charge in [0.2, 0.25) is 10.0 Å². The van der Waals surface area contributed by atoms with Crippen LogP contribution in [0.15, 0.2) is 53.4 Å². The summed E-state index contributed by atoms with van der Waals surface area (Å²) < 4.78 is 27.9. The van der Waals surface area contributed by atoms with E-state index in [2.05, 4.69) is 41.8 Å². The average molecular weight is 470 g/mol. The molecule has 2 heterocycles. The van der Waals surface area contributed by atoms with E-state index in [4.69, 9.17) is 0 Å². The maximum absolute atomic E-state index is 13.2. The molecule has 0 atom stereocenters. The average Bonchev–Trinajstić information content (AvgIpc) is 3.15. The Labute approximate surface area is 193 Å². The molecule has 4 rings (SSSR count). The summed E-state index contributed by atoms with van der Waals surface area (Å²) in [5.74, 6) is -0.0274. The zero-order chi connectivity index (χ0) is 22.9. The Balaban J connectivity index is 1.42. The number of nitrogens with one attached hydrogen (secondary N) is 1. The van der Waals surface area contributed by atoms with Gasteiger partial charge in [-0.1, -0.05) is 42.0 Å². The monoisotopic (exact) mass is 469 g/mol. The number of carbonyl (C=O) groups is 1. The summed E-state index contributed by atoms with van der Waals surface area (Å²) in [6.07, 6.45) is 1.17. The summed E-state index contributed by atoms with van der Waals surface area (Å²) in [5, 5.41) is 0.855. The number of hydrogen-bond donors (Lipinski definition) is 1. The standard InChI is InChI=1S/C24H27N3O3S2/c1-16-9-10-21(17(2)15-16)23-25-18(3)22(31-23)24(28)27-13-11-19(12-14-27)26-32(29,30)20-7-5-4-6-8-20/h4-10,15,19,26H,11-14H2,1-3H3. The molecule has 1 amide bonds. The molecular weight excluding hydrogens is 442 g/mol. The fourth-order valence-corrected chi connectivity index (χ4v) is 6.45. The van der Waals surface area contributed by atoms with Crippen molar-refractivity contribution in [3.8, 4) is 10.6 Å². The normalized spacial score (nSPS) is 15.2. The number of benzene rings is 2. The lowest BCUT2D eigenvalue weighted by Gasteiger charge is -2.32. The van der Waals surface area contributed by atoms with E-state index >= 15 is 0 Å². The predicted molar refractivity (Wildman–Crippen MR) is 127 cm³/mol. The number of hydrogen-bond acceptors (Lipinski definition) is 5. The van der Waals surface area contributed by atoms with Gasteiger partial charge in [-0.05, 0) is 51.3 Å². The number of piperidine rings is 1. The smallest absolute Gasteiger partial charge is 0.265 e. The van der Waals surface area contributed by atoms with E-state index in [0.29, 0.717) is 30.8 Å². The molecule has 1 aliphatic rings. The molecule has 1 fully saturated rings. The molecule has 32 heavy (non-hydrogen) atoms. The lowest BCUT2D eigenvalue weighted by Crippen LogP contribution is -2.46. The minimum absolute atomic E-state index is 0.0274. The Bertz CT molecular complexity index is 1230. The van der Waals surface area contributed by atoms with E-state index < -0.39 is 10.0 Å². The van der Waals surface area contributed by atoms with Gasteiger partial charge in [-0.25, -0.2) is 18.1 Å². The van der Waals surface area contributed by atoms with E-state index in [9.17, 15) is 13.2 Å². The van der Waals surface area contributed by atoms with Gasteiger partial charge >= 0.3 is 0 Å². The van der Waals surface area contributed by atoms with Crippen LogP contribution in [0.2, 0.25) is 0 Å². The van der Waals surface area contributed by atoms with Crippen molar-refractivity contribution < 1.29 is 13.2 Å². The fourth-order valence-electron chi connectivity index (χ4n) is 3.99. The third-order valence-corrected chi connectivity index (χ3v) is 8.48. The van der Waals surface area contributed by atoms with Crippen molar-refractivity contribution in [3.05, 3.63) is 70.2 Å². The molecule has 0 radical (unpaired) electrons. The molecular formula is C24H27N3O3S2. The second-order valence-corrected chi connectivity index (χ2v) is 11.0. The van der Waals surface area contributed by atoms with Crippen molar-refractivity contribution in [1.82, 2.24) is 14.6 Å². The van der Waals surface area contributed by atoms with Crippen LogP contribution in [0.25, 0.3) is 10.6 Å². The molecule has 8 heteroatoms. The fraction of sp³-hybridized carbons (Fsp3) is 0.333. The second kappa shape index (κ2) is 9.13. The summed E-state index contributed by atoms with van der Waals surface area (Å²) in [7, 11) is -3.55. The van der Waals surface area contributed by atoms with Gasteiger partial charge in [0.05, 0.1) is 10.6 Å². The molecule has 168 valence electrons. The zero-order valence-corrected chi connectivity index (χ0v) is 20.1. The number of amides is 1. The highest BCUT2D eigenvalue weighted by molar-refractivity contribution is 7.89. The molecule has 1 N–H and O–H groups in total. The van der Waals surface area contributed by atoms with Gasteiger partial charge < -0.3 is 4.90 Å². The highest BCUT2D eigenvalue weighted by atomic mass is 32.2. The van der Waals surface area contributed by atoms with Crippen LogP contribution >= 0.6 is 11.3 Å². The Hall–Kier alpha value is -2.55. The highest BCUT2D eigenvalue weighted by Gasteiger charge is 2.29. The molecule has 1 aromatic heterocycles. The minimum atomic E-state index is -3.55. The third kappa shape index (κ3) is 4.77. The van der Waals surface area contributed by atoms with Crippen LogP contribution in [0.1, 0.15) is 39.3 Å². The molecule has 2 aromatic carbocycles. The van der Waals surface area contributed by atoms with Crippen LogP contribution in [0.3, 0.4) is 0 Å². The van der Waals surface area contributed by atoms with E-state index in [0.717, 1.165) is 21.8 Å². The Morgan fingerprint density at radius 2 is 1.75 bits per heavy atom. The largest absolute Gasteiger partial charge is 0.338 e. The SMILES string of the molecule is Cc1ccc(-c2nc(C)c(C(=O)N3CCC(NS(=O)(=O)c4ccccc4)CC3)s2)c(C)c1. The lowest BCUT2D eigenvalue weighted by atomic mass is 10.1. The van der Waals surface area contributed by atoms with Gasteiger partial charge in [0.15, 0.2) is 0 Å². The van der Waals surface area contributed by atoms with E-state index in [1.165, 1.54) is 16.9 Å². The van der Waals surface area contributed by atoms with Gasteiger partial charge in [0, 0.05) is 24.7 Å². The van der Waals surface area contributed by atoms with Gasteiger partial charge in [-0.15, -0.1) is 11.3 Å². The molecule has 0 unspecified atom stereocenters. The van der Waals surface area contributed by atoms with Gasteiger partial charge in [-0.2, -0.15) is 0 Å². The number of carbonyl (C=O) groups excluding carboxylic acids is 1. The number of nitrogens with zero attached hydrogens (tertiary/aromatic N) is 2. The maximum atomic E-state index is 13.2. The molecule has 0 spiro atoms. The van der Waals surface area contributed by atoms with Gasteiger partial charge in [0.1, 0.15) is 9.88 Å². The predicted octanol–water partition coefficient (Wildman–Crippen LogP) is 4.32. The van der Waals surface area contributed by atoms with Crippen LogP contribution in [-0.2, 0) is 10.0 Å². The number of likely N-dealkylation sites (tertiary alicyclic amines) is 1. The Kier molecular flexibility index (Phi) is 6.46. The number of sulfonamides is 1. The first kappa shape index (κ1) is 22.6. The third-order valence-electron chi connectivity index (χ3n) is 5.76. The minimum Gasteiger partial charge on any atom is -0.338 e. The van der Waals surface area contributed by atoms with Crippen molar-refractivity contribution in [2.75, 3.05) is 13.1 Å². The van der Waals surface area contributed by atoms with Gasteiger partial charge in [-0.3, -0.25) is 4.79 Å². The molecule has 6 nitrogen and oxygen atoms in total. The zero-order valence-electron chi connectivity index (χ0n) is 18.5. The number of thiazole rings is 1. The molecule has 0 bridgehead atoms. The summed E-state index contributed by atoms with van der Waals surface area (Å²) in [4.78, 5) is 20.6. The number of aryl methyl sites for hydroxylation is 3. The van der Waals surface area contributed by atoms with Crippen LogP contribution in [0.5, 0.6) is 0 Å². The Morgan fingerprint density at radius 3 is 2.41 bits per heavy atom. The van der Waals surface area contributed by atoms with E-state index in [1.54, 1.807) is 35.2 Å². The highest BCUT2D eigenvalue weighted by Crippen LogP contribution is 2.32. The van der Waals surface area contributed by atoms with Crippen molar-refractivity contribution >= 4 is 27.3 Å². The van der Waals surface area contributed by atoms with Gasteiger partial charge in [0.25, 0.3) is 5.91 Å². The Morgan fingerprint density at radius 1 is 1.06 bits per heavy atom. The first-order valence-electron chi connectivity index (χ1n) is 10.7. The number of aromatic nitrogens is 1. The molecule has 3 aromatic rings. The van der Waals surface area contributed by atoms with Crippen molar-refractivity contribution in [1.29, 1.82) is 0 Å². The maximum Gasteiger partial charge on any atom is 0.265 e. The molecule has 1 aliphatic heterocycles. The summed E-state index contributed by atoms with van der Waals surface area (Å²) in [6.45, 7) is 7.01. The van der Waals surface area contributed by atoms with Crippen LogP contribution < -0.4 is 4.72 Å². The topological polar surface area (TPSA) is 79.4 Å². The quantitative estimate of drug-likeness (QED) is 0.604. The van der Waals surface area contributed by atoms with Crippen LogP contribution in [-0.4, -0.2) is 43.3 Å². The first-order valence-corrected chi connectivity index (χ1v) is 13.0. The van der Waals surface area contributed by atoms with Crippen molar-refractivity contribution in [2.24, 2.45) is 0 Å². The molecule has 1 saturated heterocycles. The van der Waals surface area contributed by atoms with Crippen molar-refractivity contribution in [2.45, 2.75) is 44.6 Å². The number of rotatable bonds is 5. The summed E-state index contributed by atoms with van der Waals surface area (Å²) in [5.41, 5.74) is 4.13. The second-order valence-electron chi connectivity index (χ2n) is 8.25. The lowest BCUT2D eigenvalue weighted by molar-refractivity contribution is 0.0715. The summed E-state index contributed by atoms with van der Waals surface area (Å²) in [6, 6.07) is 14.4. The van der Waals surface area contributed by atoms with E-state index in [-0.39, 0.29) is 16.8 Å². The summed E-state index contributed by atoms with van der Waals surface area (Å²) >= 11 is 1.43.